The van der Waals surface area contributed by atoms with E-state index in [1.54, 1.807) is 17.5 Å². The SMILES string of the molecule is NC(Cc1sccc1Br)c1ccc(Cl)cn1. The zero-order valence-corrected chi connectivity index (χ0v) is 11.5. The van der Waals surface area contributed by atoms with Crippen molar-refractivity contribution in [3.63, 3.8) is 0 Å². The van der Waals surface area contributed by atoms with E-state index in [1.807, 2.05) is 23.6 Å². The number of pyridine rings is 1. The van der Waals surface area contributed by atoms with Gasteiger partial charge in [0.1, 0.15) is 0 Å². The average Bonchev–Trinajstić information content (AvgIpc) is 2.65. The highest BCUT2D eigenvalue weighted by atomic mass is 79.9. The van der Waals surface area contributed by atoms with Crippen molar-refractivity contribution in [2.75, 3.05) is 0 Å². The molecule has 0 amide bonds. The summed E-state index contributed by atoms with van der Waals surface area (Å²) >= 11 is 11.0. The van der Waals surface area contributed by atoms with Crippen LogP contribution >= 0.6 is 38.9 Å². The van der Waals surface area contributed by atoms with Gasteiger partial charge in [-0.3, -0.25) is 4.98 Å². The lowest BCUT2D eigenvalue weighted by Gasteiger charge is -2.10. The van der Waals surface area contributed by atoms with Crippen molar-refractivity contribution in [1.82, 2.24) is 4.98 Å². The number of nitrogens with two attached hydrogens (primary N) is 1. The molecule has 2 heterocycles. The Labute approximate surface area is 112 Å². The first-order valence-electron chi connectivity index (χ1n) is 4.75. The standard InChI is InChI=1S/C11H10BrClN2S/c12-8-3-4-16-11(8)5-9(14)10-2-1-7(13)6-15-10/h1-4,6,9H,5,14H2. The summed E-state index contributed by atoms with van der Waals surface area (Å²) in [7, 11) is 0. The van der Waals surface area contributed by atoms with Crippen LogP contribution in [0.25, 0.3) is 0 Å². The molecular formula is C11H10BrClN2S. The summed E-state index contributed by atoms with van der Waals surface area (Å²) in [4.78, 5) is 5.46. The third-order valence-corrected chi connectivity index (χ3v) is 4.40. The van der Waals surface area contributed by atoms with Crippen molar-refractivity contribution in [3.8, 4) is 0 Å². The molecule has 5 heteroatoms. The molecule has 0 aliphatic heterocycles. The molecule has 2 aromatic rings. The highest BCUT2D eigenvalue weighted by Crippen LogP contribution is 2.26. The summed E-state index contributed by atoms with van der Waals surface area (Å²) in [5, 5.41) is 2.68. The quantitative estimate of drug-likeness (QED) is 0.935. The number of halogens is 2. The van der Waals surface area contributed by atoms with E-state index >= 15 is 0 Å². The Morgan fingerprint density at radius 3 is 2.81 bits per heavy atom. The molecule has 84 valence electrons. The van der Waals surface area contributed by atoms with Crippen LogP contribution in [0.4, 0.5) is 0 Å². The largest absolute Gasteiger partial charge is 0.322 e. The van der Waals surface area contributed by atoms with Crippen molar-refractivity contribution in [2.45, 2.75) is 12.5 Å². The van der Waals surface area contributed by atoms with E-state index in [4.69, 9.17) is 17.3 Å². The van der Waals surface area contributed by atoms with E-state index in [0.717, 1.165) is 16.6 Å². The second kappa shape index (κ2) is 5.27. The van der Waals surface area contributed by atoms with Crippen molar-refractivity contribution in [3.05, 3.63) is 49.8 Å². The molecule has 0 radical (unpaired) electrons. The zero-order valence-electron chi connectivity index (χ0n) is 8.36. The molecular weight excluding hydrogens is 308 g/mol. The molecule has 0 saturated heterocycles. The average molecular weight is 318 g/mol. The van der Waals surface area contributed by atoms with Crippen molar-refractivity contribution in [2.24, 2.45) is 5.73 Å². The molecule has 2 nitrogen and oxygen atoms in total. The maximum absolute atomic E-state index is 6.09. The Bertz CT molecular complexity index is 469. The van der Waals surface area contributed by atoms with Crippen LogP contribution in [-0.2, 0) is 6.42 Å². The molecule has 0 aliphatic rings. The van der Waals surface area contributed by atoms with Gasteiger partial charge in [-0.05, 0) is 39.5 Å². The second-order valence-corrected chi connectivity index (χ2v) is 5.70. The van der Waals surface area contributed by atoms with Crippen LogP contribution in [0, 0.1) is 0 Å². The molecule has 0 spiro atoms. The summed E-state index contributed by atoms with van der Waals surface area (Å²) in [5.41, 5.74) is 6.95. The fourth-order valence-corrected chi connectivity index (χ4v) is 3.07. The molecule has 0 fully saturated rings. The minimum atomic E-state index is -0.0905. The first-order valence-corrected chi connectivity index (χ1v) is 6.81. The lowest BCUT2D eigenvalue weighted by atomic mass is 10.1. The second-order valence-electron chi connectivity index (χ2n) is 3.40. The van der Waals surface area contributed by atoms with E-state index in [0.29, 0.717) is 5.02 Å². The number of thiophene rings is 1. The van der Waals surface area contributed by atoms with Crippen molar-refractivity contribution in [1.29, 1.82) is 0 Å². The predicted molar refractivity (Wildman–Crippen MR) is 71.9 cm³/mol. The fourth-order valence-electron chi connectivity index (χ4n) is 1.38. The Morgan fingerprint density at radius 1 is 1.44 bits per heavy atom. The minimum Gasteiger partial charge on any atom is -0.322 e. The maximum Gasteiger partial charge on any atom is 0.0589 e. The zero-order chi connectivity index (χ0) is 11.5. The molecule has 0 aromatic carbocycles. The monoisotopic (exact) mass is 316 g/mol. The van der Waals surface area contributed by atoms with Gasteiger partial charge in [0, 0.05) is 22.0 Å². The van der Waals surface area contributed by atoms with E-state index in [1.165, 1.54) is 4.88 Å². The molecule has 0 saturated carbocycles. The molecule has 2 rings (SSSR count). The minimum absolute atomic E-state index is 0.0905. The van der Waals surface area contributed by atoms with Crippen LogP contribution in [0.3, 0.4) is 0 Å². The molecule has 2 N–H and O–H groups in total. The molecule has 0 bridgehead atoms. The Morgan fingerprint density at radius 2 is 2.25 bits per heavy atom. The number of hydrogen-bond acceptors (Lipinski definition) is 3. The van der Waals surface area contributed by atoms with Crippen LogP contribution < -0.4 is 5.73 Å². The smallest absolute Gasteiger partial charge is 0.0589 e. The summed E-state index contributed by atoms with van der Waals surface area (Å²) < 4.78 is 1.11. The van der Waals surface area contributed by atoms with Gasteiger partial charge in [0.05, 0.1) is 16.8 Å². The van der Waals surface area contributed by atoms with Crippen LogP contribution in [0.2, 0.25) is 5.02 Å². The highest BCUT2D eigenvalue weighted by molar-refractivity contribution is 9.10. The molecule has 1 atom stereocenters. The first kappa shape index (κ1) is 12.0. The van der Waals surface area contributed by atoms with Gasteiger partial charge < -0.3 is 5.73 Å². The number of aromatic nitrogens is 1. The maximum atomic E-state index is 6.09. The third kappa shape index (κ3) is 2.83. The van der Waals surface area contributed by atoms with Gasteiger partial charge in [0.2, 0.25) is 0 Å². The summed E-state index contributed by atoms with van der Waals surface area (Å²) in [5.74, 6) is 0. The van der Waals surface area contributed by atoms with Crippen LogP contribution in [0.15, 0.2) is 34.2 Å². The van der Waals surface area contributed by atoms with E-state index in [-0.39, 0.29) is 6.04 Å². The highest BCUT2D eigenvalue weighted by Gasteiger charge is 2.11. The molecule has 1 unspecified atom stereocenters. The molecule has 0 aliphatic carbocycles. The van der Waals surface area contributed by atoms with Gasteiger partial charge in [-0.25, -0.2) is 0 Å². The fraction of sp³-hybridized carbons (Fsp3) is 0.182. The van der Waals surface area contributed by atoms with E-state index in [9.17, 15) is 0 Å². The van der Waals surface area contributed by atoms with E-state index in [2.05, 4.69) is 20.9 Å². The van der Waals surface area contributed by atoms with Gasteiger partial charge in [-0.15, -0.1) is 11.3 Å². The van der Waals surface area contributed by atoms with Crippen LogP contribution in [0.5, 0.6) is 0 Å². The van der Waals surface area contributed by atoms with Gasteiger partial charge >= 0.3 is 0 Å². The van der Waals surface area contributed by atoms with Crippen molar-refractivity contribution >= 4 is 38.9 Å². The topological polar surface area (TPSA) is 38.9 Å². The Hall–Kier alpha value is -0.420. The lowest BCUT2D eigenvalue weighted by Crippen LogP contribution is -2.14. The number of hydrogen-bond donors (Lipinski definition) is 1. The van der Waals surface area contributed by atoms with Gasteiger partial charge in [-0.2, -0.15) is 0 Å². The number of rotatable bonds is 3. The van der Waals surface area contributed by atoms with Crippen molar-refractivity contribution < 1.29 is 0 Å². The summed E-state index contributed by atoms with van der Waals surface area (Å²) in [6.45, 7) is 0. The molecule has 2 aromatic heterocycles. The van der Waals surface area contributed by atoms with E-state index < -0.39 is 0 Å². The Kier molecular flexibility index (Phi) is 3.97. The number of nitrogens with zero attached hydrogens (tertiary/aromatic N) is 1. The van der Waals surface area contributed by atoms with Gasteiger partial charge in [-0.1, -0.05) is 11.6 Å². The Balaban J connectivity index is 2.11. The lowest BCUT2D eigenvalue weighted by molar-refractivity contribution is 0.702. The van der Waals surface area contributed by atoms with Gasteiger partial charge in [0.15, 0.2) is 0 Å². The van der Waals surface area contributed by atoms with Gasteiger partial charge in [0.25, 0.3) is 0 Å². The predicted octanol–water partition coefficient (Wildman–Crippen LogP) is 3.80. The summed E-state index contributed by atoms with van der Waals surface area (Å²) in [6.07, 6.45) is 2.41. The van der Waals surface area contributed by atoms with Crippen LogP contribution in [0.1, 0.15) is 16.6 Å². The molecule has 16 heavy (non-hydrogen) atoms. The third-order valence-electron chi connectivity index (χ3n) is 2.23. The normalized spacial score (nSPS) is 12.7. The summed E-state index contributed by atoms with van der Waals surface area (Å²) in [6, 6.07) is 5.62. The van der Waals surface area contributed by atoms with Crippen LogP contribution in [-0.4, -0.2) is 4.98 Å². The first-order chi connectivity index (χ1) is 7.66.